The fraction of sp³-hybridized carbons (Fsp3) is 0.0714. The van der Waals surface area contributed by atoms with E-state index in [1.807, 2.05) is 0 Å². The van der Waals surface area contributed by atoms with E-state index in [0.717, 1.165) is 0 Å². The molecule has 0 saturated carbocycles. The van der Waals surface area contributed by atoms with Crippen molar-refractivity contribution in [2.45, 2.75) is 6.92 Å². The molecule has 2 aromatic carbocycles. The Morgan fingerprint density at radius 3 is 2.47 bits per heavy atom. The van der Waals surface area contributed by atoms with Gasteiger partial charge in [0.25, 0.3) is 0 Å². The first-order valence-electron chi connectivity index (χ1n) is 5.36. The Labute approximate surface area is 122 Å². The van der Waals surface area contributed by atoms with Gasteiger partial charge in [0.05, 0.1) is 10.6 Å². The molecule has 0 aliphatic heterocycles. The molecular formula is C14H8BrClF2O. The van der Waals surface area contributed by atoms with Crippen LogP contribution in [0.5, 0.6) is 0 Å². The maximum absolute atomic E-state index is 13.7. The zero-order valence-corrected chi connectivity index (χ0v) is 12.1. The Bertz CT molecular complexity index is 671. The molecule has 0 aliphatic carbocycles. The average molecular weight is 346 g/mol. The van der Waals surface area contributed by atoms with Gasteiger partial charge in [-0.05, 0) is 52.7 Å². The molecule has 0 radical (unpaired) electrons. The molecule has 0 atom stereocenters. The molecule has 0 heterocycles. The number of aryl methyl sites for hydroxylation is 1. The lowest BCUT2D eigenvalue weighted by molar-refractivity contribution is 0.103. The monoisotopic (exact) mass is 344 g/mol. The fourth-order valence-electron chi connectivity index (χ4n) is 1.61. The third kappa shape index (κ3) is 2.69. The molecule has 0 amide bonds. The summed E-state index contributed by atoms with van der Waals surface area (Å²) in [5.74, 6) is -2.75. The molecule has 0 aromatic heterocycles. The van der Waals surface area contributed by atoms with Crippen LogP contribution < -0.4 is 0 Å². The first-order chi connectivity index (χ1) is 8.91. The van der Waals surface area contributed by atoms with Crippen LogP contribution in [0.15, 0.2) is 34.8 Å². The Hall–Kier alpha value is -1.26. The molecule has 2 aromatic rings. The summed E-state index contributed by atoms with van der Waals surface area (Å²) >= 11 is 9.07. The van der Waals surface area contributed by atoms with Gasteiger partial charge in [-0.2, -0.15) is 0 Å². The van der Waals surface area contributed by atoms with E-state index < -0.39 is 17.4 Å². The van der Waals surface area contributed by atoms with Gasteiger partial charge >= 0.3 is 0 Å². The normalized spacial score (nSPS) is 10.6. The second kappa shape index (κ2) is 5.39. The summed E-state index contributed by atoms with van der Waals surface area (Å²) < 4.78 is 27.8. The van der Waals surface area contributed by atoms with Crippen molar-refractivity contribution in [1.82, 2.24) is 0 Å². The van der Waals surface area contributed by atoms with Gasteiger partial charge in [0, 0.05) is 10.0 Å². The number of hydrogen-bond acceptors (Lipinski definition) is 1. The zero-order chi connectivity index (χ0) is 14.2. The maximum Gasteiger partial charge on any atom is 0.196 e. The Balaban J connectivity index is 2.50. The third-order valence-corrected chi connectivity index (χ3v) is 3.93. The highest BCUT2D eigenvalue weighted by Crippen LogP contribution is 2.25. The first kappa shape index (κ1) is 14.2. The standard InChI is InChI=1S/C14H8BrClF2O/c1-7-2-4-9(13(18)12(7)17)14(19)8-3-5-10(15)11(16)6-8/h2-6H,1H3. The number of ketones is 1. The van der Waals surface area contributed by atoms with Crippen LogP contribution in [-0.2, 0) is 0 Å². The largest absolute Gasteiger partial charge is 0.288 e. The number of halogens is 4. The van der Waals surface area contributed by atoms with Gasteiger partial charge in [0.15, 0.2) is 17.4 Å². The van der Waals surface area contributed by atoms with Crippen molar-refractivity contribution in [1.29, 1.82) is 0 Å². The van der Waals surface area contributed by atoms with Gasteiger partial charge in [-0.3, -0.25) is 4.79 Å². The van der Waals surface area contributed by atoms with Gasteiger partial charge in [0.1, 0.15) is 0 Å². The number of carbonyl (C=O) groups is 1. The molecule has 0 bridgehead atoms. The maximum atomic E-state index is 13.7. The topological polar surface area (TPSA) is 17.1 Å². The van der Waals surface area contributed by atoms with E-state index >= 15 is 0 Å². The van der Waals surface area contributed by atoms with Crippen molar-refractivity contribution in [3.63, 3.8) is 0 Å². The van der Waals surface area contributed by atoms with E-state index in [2.05, 4.69) is 15.9 Å². The summed E-state index contributed by atoms with van der Waals surface area (Å²) in [5, 5.41) is 0.332. The highest BCUT2D eigenvalue weighted by atomic mass is 79.9. The molecular weight excluding hydrogens is 338 g/mol. The Morgan fingerprint density at radius 2 is 1.84 bits per heavy atom. The summed E-state index contributed by atoms with van der Waals surface area (Å²) in [5.41, 5.74) is 0.0553. The molecule has 0 N–H and O–H groups in total. The van der Waals surface area contributed by atoms with Crippen LogP contribution >= 0.6 is 27.5 Å². The molecule has 0 fully saturated rings. The molecule has 19 heavy (non-hydrogen) atoms. The van der Waals surface area contributed by atoms with Crippen LogP contribution in [-0.4, -0.2) is 5.78 Å². The van der Waals surface area contributed by atoms with E-state index in [4.69, 9.17) is 11.6 Å². The van der Waals surface area contributed by atoms with Gasteiger partial charge in [-0.25, -0.2) is 8.78 Å². The van der Waals surface area contributed by atoms with Crippen molar-refractivity contribution < 1.29 is 13.6 Å². The molecule has 2 rings (SSSR count). The van der Waals surface area contributed by atoms with Crippen molar-refractivity contribution >= 4 is 33.3 Å². The van der Waals surface area contributed by atoms with E-state index in [1.54, 1.807) is 6.07 Å². The molecule has 5 heteroatoms. The SMILES string of the molecule is Cc1ccc(C(=O)c2ccc(Br)c(Cl)c2)c(F)c1F. The molecule has 1 nitrogen and oxygen atoms in total. The lowest BCUT2D eigenvalue weighted by atomic mass is 10.0. The van der Waals surface area contributed by atoms with Gasteiger partial charge in [-0.1, -0.05) is 17.7 Å². The van der Waals surface area contributed by atoms with Crippen LogP contribution in [0.1, 0.15) is 21.5 Å². The summed E-state index contributed by atoms with van der Waals surface area (Å²) in [6.45, 7) is 1.43. The van der Waals surface area contributed by atoms with Crippen LogP contribution in [0, 0.1) is 18.6 Å². The van der Waals surface area contributed by atoms with Crippen LogP contribution in [0.3, 0.4) is 0 Å². The molecule has 98 valence electrons. The smallest absolute Gasteiger partial charge is 0.196 e. The molecule has 0 unspecified atom stereocenters. The second-order valence-corrected chi connectivity index (χ2v) is 5.28. The van der Waals surface area contributed by atoms with Crippen molar-refractivity contribution in [2.24, 2.45) is 0 Å². The quantitative estimate of drug-likeness (QED) is 0.706. The number of hydrogen-bond donors (Lipinski definition) is 0. The van der Waals surface area contributed by atoms with E-state index in [9.17, 15) is 13.6 Å². The van der Waals surface area contributed by atoms with Gasteiger partial charge in [0.2, 0.25) is 0 Å². The van der Waals surface area contributed by atoms with Gasteiger partial charge < -0.3 is 0 Å². The average Bonchev–Trinajstić information content (AvgIpc) is 2.39. The minimum atomic E-state index is -1.14. The van der Waals surface area contributed by atoms with Crippen molar-refractivity contribution in [3.05, 3.63) is 68.2 Å². The second-order valence-electron chi connectivity index (χ2n) is 4.02. The molecule has 0 spiro atoms. The minimum Gasteiger partial charge on any atom is -0.288 e. The summed E-state index contributed by atoms with van der Waals surface area (Å²) in [7, 11) is 0. The third-order valence-electron chi connectivity index (χ3n) is 2.70. The lowest BCUT2D eigenvalue weighted by Gasteiger charge is -2.06. The fourth-order valence-corrected chi connectivity index (χ4v) is 2.04. The highest BCUT2D eigenvalue weighted by Gasteiger charge is 2.19. The van der Waals surface area contributed by atoms with Crippen molar-refractivity contribution in [3.8, 4) is 0 Å². The van der Waals surface area contributed by atoms with Crippen LogP contribution in [0.2, 0.25) is 5.02 Å². The van der Waals surface area contributed by atoms with E-state index in [1.165, 1.54) is 31.2 Å². The minimum absolute atomic E-state index is 0.155. The van der Waals surface area contributed by atoms with Crippen molar-refractivity contribution in [2.75, 3.05) is 0 Å². The molecule has 0 aliphatic rings. The molecule has 0 saturated heterocycles. The predicted octanol–water partition coefficient (Wildman–Crippen LogP) is 4.92. The zero-order valence-electron chi connectivity index (χ0n) is 9.81. The van der Waals surface area contributed by atoms with Crippen LogP contribution in [0.4, 0.5) is 8.78 Å². The predicted molar refractivity (Wildman–Crippen MR) is 73.7 cm³/mol. The number of carbonyl (C=O) groups excluding carboxylic acids is 1. The van der Waals surface area contributed by atoms with Crippen LogP contribution in [0.25, 0.3) is 0 Å². The van der Waals surface area contributed by atoms with Gasteiger partial charge in [-0.15, -0.1) is 0 Å². The lowest BCUT2D eigenvalue weighted by Crippen LogP contribution is -2.07. The number of benzene rings is 2. The Morgan fingerprint density at radius 1 is 1.16 bits per heavy atom. The Kier molecular flexibility index (Phi) is 4.02. The number of rotatable bonds is 2. The summed E-state index contributed by atoms with van der Waals surface area (Å²) in [6, 6.07) is 7.12. The highest BCUT2D eigenvalue weighted by molar-refractivity contribution is 9.10. The van der Waals surface area contributed by atoms with E-state index in [0.29, 0.717) is 9.50 Å². The summed E-state index contributed by atoms with van der Waals surface area (Å²) in [6.07, 6.45) is 0. The van der Waals surface area contributed by atoms with E-state index in [-0.39, 0.29) is 16.7 Å². The summed E-state index contributed by atoms with van der Waals surface area (Å²) in [4.78, 5) is 12.1. The first-order valence-corrected chi connectivity index (χ1v) is 6.53.